The summed E-state index contributed by atoms with van der Waals surface area (Å²) in [7, 11) is 0. The molecule has 1 aromatic heterocycles. The SMILES string of the molecule is CC1CC(C)(C)CC(O)(c2ccc3cccnc3c2)C1. The van der Waals surface area contributed by atoms with Crippen molar-refractivity contribution in [2.75, 3.05) is 0 Å². The van der Waals surface area contributed by atoms with E-state index in [4.69, 9.17) is 0 Å². The van der Waals surface area contributed by atoms with Crippen LogP contribution < -0.4 is 0 Å². The van der Waals surface area contributed by atoms with Crippen molar-refractivity contribution in [2.45, 2.75) is 45.6 Å². The molecule has 1 aliphatic rings. The molecule has 3 rings (SSSR count). The van der Waals surface area contributed by atoms with E-state index in [1.54, 1.807) is 0 Å². The zero-order valence-electron chi connectivity index (χ0n) is 12.6. The van der Waals surface area contributed by atoms with Gasteiger partial charge in [0.05, 0.1) is 11.1 Å². The third kappa shape index (κ3) is 2.45. The molecule has 0 bridgehead atoms. The Hall–Kier alpha value is -1.41. The summed E-state index contributed by atoms with van der Waals surface area (Å²) in [5.41, 5.74) is 1.45. The van der Waals surface area contributed by atoms with Crippen molar-refractivity contribution in [1.29, 1.82) is 0 Å². The molecular formula is C18H23NO. The Kier molecular flexibility index (Phi) is 3.09. The molecule has 2 aromatic rings. The van der Waals surface area contributed by atoms with Gasteiger partial charge in [0.2, 0.25) is 0 Å². The minimum Gasteiger partial charge on any atom is -0.385 e. The second kappa shape index (κ2) is 4.56. The van der Waals surface area contributed by atoms with Gasteiger partial charge in [0.25, 0.3) is 0 Å². The third-order valence-electron chi connectivity index (χ3n) is 4.50. The molecule has 0 saturated heterocycles. The van der Waals surface area contributed by atoms with Gasteiger partial charge in [-0.25, -0.2) is 0 Å². The summed E-state index contributed by atoms with van der Waals surface area (Å²) in [6.07, 6.45) is 4.65. The van der Waals surface area contributed by atoms with E-state index >= 15 is 0 Å². The lowest BCUT2D eigenvalue weighted by atomic mass is 9.64. The van der Waals surface area contributed by atoms with Gasteiger partial charge in [-0.15, -0.1) is 0 Å². The van der Waals surface area contributed by atoms with E-state index in [9.17, 15) is 5.11 Å². The summed E-state index contributed by atoms with van der Waals surface area (Å²) in [5, 5.41) is 12.3. The molecule has 0 radical (unpaired) electrons. The summed E-state index contributed by atoms with van der Waals surface area (Å²) in [6.45, 7) is 6.75. The lowest BCUT2D eigenvalue weighted by molar-refractivity contribution is -0.0634. The van der Waals surface area contributed by atoms with E-state index in [1.165, 1.54) is 6.42 Å². The molecule has 1 aromatic carbocycles. The molecule has 0 spiro atoms. The van der Waals surface area contributed by atoms with Crippen molar-refractivity contribution in [2.24, 2.45) is 11.3 Å². The number of fused-ring (bicyclic) bond motifs is 1. The van der Waals surface area contributed by atoms with Crippen molar-refractivity contribution in [3.05, 3.63) is 42.1 Å². The van der Waals surface area contributed by atoms with Crippen molar-refractivity contribution in [3.8, 4) is 0 Å². The molecule has 1 heterocycles. The lowest BCUT2D eigenvalue weighted by Gasteiger charge is -2.45. The maximum atomic E-state index is 11.2. The fraction of sp³-hybridized carbons (Fsp3) is 0.500. The highest BCUT2D eigenvalue weighted by Crippen LogP contribution is 2.48. The van der Waals surface area contributed by atoms with Crippen LogP contribution in [0.2, 0.25) is 0 Å². The Morgan fingerprint density at radius 3 is 2.75 bits per heavy atom. The predicted octanol–water partition coefficient (Wildman–Crippen LogP) is 4.27. The molecule has 1 N–H and O–H groups in total. The monoisotopic (exact) mass is 269 g/mol. The van der Waals surface area contributed by atoms with Crippen LogP contribution in [-0.4, -0.2) is 10.1 Å². The molecule has 0 aliphatic heterocycles. The van der Waals surface area contributed by atoms with Gasteiger partial charge in [-0.2, -0.15) is 0 Å². The summed E-state index contributed by atoms with van der Waals surface area (Å²) >= 11 is 0. The Bertz CT molecular complexity index is 634. The van der Waals surface area contributed by atoms with Crippen molar-refractivity contribution in [1.82, 2.24) is 4.98 Å². The van der Waals surface area contributed by atoms with E-state index in [0.717, 1.165) is 29.3 Å². The normalized spacial score (nSPS) is 29.5. The number of rotatable bonds is 1. The molecule has 2 heteroatoms. The molecule has 2 nitrogen and oxygen atoms in total. The van der Waals surface area contributed by atoms with Crippen LogP contribution in [0.1, 0.15) is 45.6 Å². The maximum Gasteiger partial charge on any atom is 0.0905 e. The van der Waals surface area contributed by atoms with Crippen LogP contribution in [0, 0.1) is 11.3 Å². The van der Waals surface area contributed by atoms with Gasteiger partial charge in [-0.1, -0.05) is 39.0 Å². The Morgan fingerprint density at radius 2 is 2.00 bits per heavy atom. The second-order valence-electron chi connectivity index (χ2n) is 7.30. The summed E-state index contributed by atoms with van der Waals surface area (Å²) in [6, 6.07) is 10.2. The summed E-state index contributed by atoms with van der Waals surface area (Å²) < 4.78 is 0. The first-order chi connectivity index (χ1) is 9.38. The smallest absolute Gasteiger partial charge is 0.0905 e. The van der Waals surface area contributed by atoms with Gasteiger partial charge >= 0.3 is 0 Å². The van der Waals surface area contributed by atoms with Crippen LogP contribution in [0.3, 0.4) is 0 Å². The number of hydrogen-bond donors (Lipinski definition) is 1. The number of benzene rings is 1. The number of aliphatic hydroxyl groups is 1. The zero-order valence-corrected chi connectivity index (χ0v) is 12.6. The molecule has 2 unspecified atom stereocenters. The van der Waals surface area contributed by atoms with Crippen LogP contribution in [0.5, 0.6) is 0 Å². The molecular weight excluding hydrogens is 246 g/mol. The highest BCUT2D eigenvalue weighted by atomic mass is 16.3. The van der Waals surface area contributed by atoms with Crippen molar-refractivity contribution in [3.63, 3.8) is 0 Å². The predicted molar refractivity (Wildman–Crippen MR) is 82.4 cm³/mol. The van der Waals surface area contributed by atoms with Gasteiger partial charge in [-0.05, 0) is 48.3 Å². The van der Waals surface area contributed by atoms with Gasteiger partial charge in [0.1, 0.15) is 0 Å². The van der Waals surface area contributed by atoms with Crippen LogP contribution in [0.4, 0.5) is 0 Å². The van der Waals surface area contributed by atoms with Crippen molar-refractivity contribution >= 4 is 10.9 Å². The summed E-state index contributed by atoms with van der Waals surface area (Å²) in [4.78, 5) is 4.41. The highest BCUT2D eigenvalue weighted by molar-refractivity contribution is 5.79. The quantitative estimate of drug-likeness (QED) is 0.838. The van der Waals surface area contributed by atoms with Gasteiger partial charge in [0.15, 0.2) is 0 Å². The maximum absolute atomic E-state index is 11.2. The first-order valence-corrected chi connectivity index (χ1v) is 7.46. The van der Waals surface area contributed by atoms with Crippen LogP contribution in [0.15, 0.2) is 36.5 Å². The molecule has 2 atom stereocenters. The van der Waals surface area contributed by atoms with Gasteiger partial charge < -0.3 is 5.11 Å². The Balaban J connectivity index is 2.04. The van der Waals surface area contributed by atoms with Crippen LogP contribution in [-0.2, 0) is 5.60 Å². The topological polar surface area (TPSA) is 33.1 Å². The Labute approximate surface area is 120 Å². The van der Waals surface area contributed by atoms with Crippen LogP contribution in [0.25, 0.3) is 10.9 Å². The lowest BCUT2D eigenvalue weighted by Crippen LogP contribution is -2.39. The summed E-state index contributed by atoms with van der Waals surface area (Å²) in [5.74, 6) is 0.545. The molecule has 20 heavy (non-hydrogen) atoms. The zero-order chi connectivity index (χ0) is 14.4. The first kappa shape index (κ1) is 13.6. The average Bonchev–Trinajstić information content (AvgIpc) is 2.35. The third-order valence-corrected chi connectivity index (χ3v) is 4.50. The Morgan fingerprint density at radius 1 is 1.20 bits per heavy atom. The molecule has 106 valence electrons. The fourth-order valence-electron chi connectivity index (χ4n) is 4.10. The number of aromatic nitrogens is 1. The van der Waals surface area contributed by atoms with E-state index in [1.807, 2.05) is 12.3 Å². The van der Waals surface area contributed by atoms with E-state index in [0.29, 0.717) is 5.92 Å². The highest BCUT2D eigenvalue weighted by Gasteiger charge is 2.42. The number of pyridine rings is 1. The molecule has 1 fully saturated rings. The first-order valence-electron chi connectivity index (χ1n) is 7.46. The molecule has 1 saturated carbocycles. The fourth-order valence-corrected chi connectivity index (χ4v) is 4.10. The second-order valence-corrected chi connectivity index (χ2v) is 7.30. The standard InChI is InChI=1S/C18H23NO/c1-13-10-17(2,3)12-18(20,11-13)15-7-6-14-5-4-8-19-16(14)9-15/h4-9,13,20H,10-12H2,1-3H3. The van der Waals surface area contributed by atoms with E-state index in [-0.39, 0.29) is 5.41 Å². The van der Waals surface area contributed by atoms with Crippen molar-refractivity contribution < 1.29 is 5.11 Å². The minimum atomic E-state index is -0.715. The minimum absolute atomic E-state index is 0.186. The average molecular weight is 269 g/mol. The number of hydrogen-bond acceptors (Lipinski definition) is 2. The molecule has 1 aliphatic carbocycles. The van der Waals surface area contributed by atoms with E-state index in [2.05, 4.69) is 50.0 Å². The van der Waals surface area contributed by atoms with Crippen LogP contribution >= 0.6 is 0 Å². The molecule has 0 amide bonds. The largest absolute Gasteiger partial charge is 0.385 e. The van der Waals surface area contributed by atoms with Gasteiger partial charge in [0, 0.05) is 11.6 Å². The van der Waals surface area contributed by atoms with E-state index < -0.39 is 5.60 Å². The number of nitrogens with zero attached hydrogens (tertiary/aromatic N) is 1. The van der Waals surface area contributed by atoms with Gasteiger partial charge in [-0.3, -0.25) is 4.98 Å².